The van der Waals surface area contributed by atoms with Gasteiger partial charge in [0.05, 0.1) is 10.9 Å². The maximum atomic E-state index is 13.9. The Bertz CT molecular complexity index is 1480. The Hall–Kier alpha value is -2.16. The van der Waals surface area contributed by atoms with Gasteiger partial charge in [-0.3, -0.25) is 4.79 Å². The normalized spacial score (nSPS) is 21.0. The highest BCUT2D eigenvalue weighted by molar-refractivity contribution is 9.10. The van der Waals surface area contributed by atoms with Gasteiger partial charge in [0, 0.05) is 37.7 Å². The van der Waals surface area contributed by atoms with Crippen molar-refractivity contribution in [2.75, 3.05) is 11.4 Å². The molecule has 0 radical (unpaired) electrons. The van der Waals surface area contributed by atoms with Crippen LogP contribution in [-0.4, -0.2) is 26.9 Å². The second kappa shape index (κ2) is 10.2. The molecule has 1 saturated carbocycles. The lowest BCUT2D eigenvalue weighted by Crippen LogP contribution is -2.51. The molecule has 0 aromatic heterocycles. The van der Waals surface area contributed by atoms with E-state index in [1.165, 1.54) is 12.1 Å². The molecule has 0 unspecified atom stereocenters. The average molecular weight is 620 g/mol. The topological polar surface area (TPSA) is 66.5 Å². The van der Waals surface area contributed by atoms with Crippen LogP contribution in [0.1, 0.15) is 41.6 Å². The van der Waals surface area contributed by atoms with Crippen molar-refractivity contribution in [1.29, 1.82) is 0 Å². The predicted octanol–water partition coefficient (Wildman–Crippen LogP) is 7.13. The third kappa shape index (κ3) is 4.77. The highest BCUT2D eigenvalue weighted by Crippen LogP contribution is 2.56. The number of nitrogens with one attached hydrogen (secondary N) is 1. The summed E-state index contributed by atoms with van der Waals surface area (Å²) in [5, 5.41) is 1.04. The van der Waals surface area contributed by atoms with E-state index in [1.54, 1.807) is 36.4 Å². The van der Waals surface area contributed by atoms with Gasteiger partial charge in [-0.15, -0.1) is 0 Å². The van der Waals surface area contributed by atoms with Crippen LogP contribution in [0.15, 0.2) is 88.3 Å². The number of sulfonamides is 1. The molecule has 9 heteroatoms. The van der Waals surface area contributed by atoms with E-state index in [0.717, 1.165) is 40.6 Å². The fourth-order valence-corrected chi connectivity index (χ4v) is 7.36. The number of carbonyl (C=O) groups excluding carboxylic acids is 1. The first-order valence-electron chi connectivity index (χ1n) is 12.0. The number of hydrogen-bond donors (Lipinski definition) is 1. The van der Waals surface area contributed by atoms with Crippen LogP contribution in [0.5, 0.6) is 0 Å². The van der Waals surface area contributed by atoms with Gasteiger partial charge in [-0.25, -0.2) is 13.1 Å². The van der Waals surface area contributed by atoms with Crippen LogP contribution in [0.4, 0.5) is 5.69 Å². The van der Waals surface area contributed by atoms with E-state index in [9.17, 15) is 13.2 Å². The summed E-state index contributed by atoms with van der Waals surface area (Å²) in [6, 6.07) is 18.7. The van der Waals surface area contributed by atoms with Gasteiger partial charge in [0.2, 0.25) is 10.0 Å². The minimum Gasteiger partial charge on any atom is -0.304 e. The van der Waals surface area contributed by atoms with Gasteiger partial charge in [-0.05, 0) is 98.0 Å². The Kier molecular flexibility index (Phi) is 7.29. The molecule has 1 N–H and O–H groups in total. The lowest BCUT2D eigenvalue weighted by Gasteiger charge is -2.44. The molecule has 3 aromatic rings. The molecule has 1 aliphatic heterocycles. The number of benzene rings is 3. The van der Waals surface area contributed by atoms with E-state index in [2.05, 4.69) is 27.2 Å². The summed E-state index contributed by atoms with van der Waals surface area (Å²) >= 11 is 15.6. The van der Waals surface area contributed by atoms with Gasteiger partial charge in [0.1, 0.15) is 0 Å². The Balaban J connectivity index is 1.51. The number of hydrogen-bond acceptors (Lipinski definition) is 3. The minimum absolute atomic E-state index is 0.108. The van der Waals surface area contributed by atoms with Gasteiger partial charge < -0.3 is 4.90 Å². The van der Waals surface area contributed by atoms with Crippen molar-refractivity contribution in [3.05, 3.63) is 105 Å². The zero-order chi connectivity index (χ0) is 26.4. The van der Waals surface area contributed by atoms with Crippen molar-refractivity contribution in [3.63, 3.8) is 0 Å². The molecule has 0 spiro atoms. The second-order valence-electron chi connectivity index (χ2n) is 9.43. The Labute approximate surface area is 235 Å². The van der Waals surface area contributed by atoms with Gasteiger partial charge in [-0.1, -0.05) is 51.3 Å². The summed E-state index contributed by atoms with van der Waals surface area (Å²) in [5.41, 5.74) is 2.80. The summed E-state index contributed by atoms with van der Waals surface area (Å²) in [6.07, 6.45) is 2.97. The average Bonchev–Trinajstić information content (AvgIpc) is 3.15. The molecule has 5 nitrogen and oxygen atoms in total. The number of rotatable bonds is 6. The number of anilines is 1. The number of fused-ring (bicyclic) bond motifs is 3. The smallest absolute Gasteiger partial charge is 0.258 e. The Morgan fingerprint density at radius 3 is 2.38 bits per heavy atom. The van der Waals surface area contributed by atoms with Crippen molar-refractivity contribution in [1.82, 2.24) is 4.72 Å². The molecule has 1 heterocycles. The molecule has 192 valence electrons. The highest BCUT2D eigenvalue weighted by Gasteiger charge is 2.55. The second-order valence-corrected chi connectivity index (χ2v) is 13.0. The maximum absolute atomic E-state index is 13.9. The molecule has 0 saturated heterocycles. The lowest BCUT2D eigenvalue weighted by atomic mass is 9.63. The molecular formula is C28H25BrCl2N2O3S. The summed E-state index contributed by atoms with van der Waals surface area (Å²) in [5.74, 6) is -0.108. The van der Waals surface area contributed by atoms with Crippen LogP contribution in [-0.2, 0) is 15.4 Å². The van der Waals surface area contributed by atoms with Crippen LogP contribution >= 0.6 is 39.1 Å². The van der Waals surface area contributed by atoms with E-state index < -0.39 is 15.4 Å². The number of carbonyl (C=O) groups is 1. The van der Waals surface area contributed by atoms with E-state index >= 15 is 0 Å². The van der Waals surface area contributed by atoms with Crippen molar-refractivity contribution in [2.24, 2.45) is 0 Å². The summed E-state index contributed by atoms with van der Waals surface area (Å²) in [4.78, 5) is 15.9. The van der Waals surface area contributed by atoms with Gasteiger partial charge in [-0.2, -0.15) is 0 Å². The molecule has 1 amide bonds. The molecular weight excluding hydrogens is 595 g/mol. The SMILES string of the molecule is C=C1CCC[C@@H]2N(C(=O)c3ccc(Cl)cc3)c3ccc(Br)cc3[C@]12CCNS(=O)(=O)c1ccc(Cl)cc1. The van der Waals surface area contributed by atoms with Crippen LogP contribution in [0.2, 0.25) is 10.0 Å². The molecule has 0 bridgehead atoms. The molecule has 1 aliphatic carbocycles. The third-order valence-corrected chi connectivity index (χ3v) is 9.89. The van der Waals surface area contributed by atoms with Gasteiger partial charge in [0.15, 0.2) is 0 Å². The molecule has 5 rings (SSSR count). The van der Waals surface area contributed by atoms with Gasteiger partial charge >= 0.3 is 0 Å². The Morgan fingerprint density at radius 1 is 1.05 bits per heavy atom. The zero-order valence-electron chi connectivity index (χ0n) is 19.9. The van der Waals surface area contributed by atoms with E-state index in [-0.39, 0.29) is 23.4 Å². The van der Waals surface area contributed by atoms with Crippen LogP contribution in [0, 0.1) is 0 Å². The minimum atomic E-state index is -3.73. The number of nitrogens with zero attached hydrogens (tertiary/aromatic N) is 1. The molecule has 37 heavy (non-hydrogen) atoms. The molecule has 2 atom stereocenters. The fourth-order valence-electron chi connectivity index (χ4n) is 5.72. The molecule has 3 aromatic carbocycles. The summed E-state index contributed by atoms with van der Waals surface area (Å²) in [7, 11) is -3.73. The first kappa shape index (κ1) is 26.4. The van der Waals surface area contributed by atoms with Crippen LogP contribution in [0.25, 0.3) is 0 Å². The Morgan fingerprint density at radius 2 is 1.70 bits per heavy atom. The van der Waals surface area contributed by atoms with Crippen molar-refractivity contribution >= 4 is 60.7 Å². The van der Waals surface area contributed by atoms with Crippen LogP contribution < -0.4 is 9.62 Å². The molecule has 2 aliphatic rings. The monoisotopic (exact) mass is 618 g/mol. The first-order chi connectivity index (χ1) is 17.6. The first-order valence-corrected chi connectivity index (χ1v) is 15.0. The van der Waals surface area contributed by atoms with E-state index in [0.29, 0.717) is 22.0 Å². The largest absolute Gasteiger partial charge is 0.304 e. The summed E-state index contributed by atoms with van der Waals surface area (Å²) < 4.78 is 29.6. The lowest BCUT2D eigenvalue weighted by molar-refractivity contribution is 0.0966. The predicted molar refractivity (Wildman–Crippen MR) is 152 cm³/mol. The van der Waals surface area contributed by atoms with E-state index in [1.807, 2.05) is 23.1 Å². The standard InChI is InChI=1S/C28H25BrCl2N2O3S/c1-18-3-2-4-26-28(18,15-16-32-37(35,36)23-12-10-22(31)11-13-23)24-17-20(29)7-14-25(24)33(26)27(34)19-5-8-21(30)9-6-19/h5-14,17,26,32H,1-4,15-16H2/t26-,28-/m0/s1. The highest BCUT2D eigenvalue weighted by atomic mass is 79.9. The number of halogens is 3. The van der Waals surface area contributed by atoms with Crippen molar-refractivity contribution in [3.8, 4) is 0 Å². The van der Waals surface area contributed by atoms with Crippen LogP contribution in [0.3, 0.4) is 0 Å². The summed E-state index contributed by atoms with van der Waals surface area (Å²) in [6.45, 7) is 4.65. The molecule has 1 fully saturated rings. The third-order valence-electron chi connectivity index (χ3n) is 7.41. The van der Waals surface area contributed by atoms with Gasteiger partial charge in [0.25, 0.3) is 5.91 Å². The maximum Gasteiger partial charge on any atom is 0.258 e. The zero-order valence-corrected chi connectivity index (χ0v) is 23.8. The quantitative estimate of drug-likeness (QED) is 0.299. The fraction of sp³-hybridized carbons (Fsp3) is 0.250. The van der Waals surface area contributed by atoms with Crippen molar-refractivity contribution in [2.45, 2.75) is 42.0 Å². The number of amides is 1. The van der Waals surface area contributed by atoms with Crippen molar-refractivity contribution < 1.29 is 13.2 Å². The van der Waals surface area contributed by atoms with E-state index in [4.69, 9.17) is 23.2 Å².